The van der Waals surface area contributed by atoms with E-state index in [1.54, 1.807) is 0 Å². The lowest BCUT2D eigenvalue weighted by Gasteiger charge is -2.33. The van der Waals surface area contributed by atoms with E-state index < -0.39 is 11.9 Å². The van der Waals surface area contributed by atoms with Crippen LogP contribution in [0.4, 0.5) is 19.1 Å². The Hall–Kier alpha value is -1.37. The quantitative estimate of drug-likeness (QED) is 0.864. The average Bonchev–Trinajstić information content (AvgIpc) is 2.82. The van der Waals surface area contributed by atoms with Crippen molar-refractivity contribution in [2.75, 3.05) is 31.1 Å². The van der Waals surface area contributed by atoms with E-state index >= 15 is 0 Å². The predicted molar refractivity (Wildman–Crippen MR) is 73.1 cm³/mol. The van der Waals surface area contributed by atoms with Crippen molar-refractivity contribution in [1.29, 1.82) is 0 Å². The number of alkyl halides is 3. The van der Waals surface area contributed by atoms with Crippen LogP contribution in [0.3, 0.4) is 0 Å². The summed E-state index contributed by atoms with van der Waals surface area (Å²) in [5.74, 6) is 0.211. The molecule has 2 saturated heterocycles. The Morgan fingerprint density at radius 3 is 2.62 bits per heavy atom. The van der Waals surface area contributed by atoms with Crippen molar-refractivity contribution in [3.8, 4) is 0 Å². The van der Waals surface area contributed by atoms with Gasteiger partial charge in [0.2, 0.25) is 5.95 Å². The summed E-state index contributed by atoms with van der Waals surface area (Å²) in [6.07, 6.45) is 0.00274. The summed E-state index contributed by atoms with van der Waals surface area (Å²) in [6.45, 7) is 4.85. The van der Waals surface area contributed by atoms with Gasteiger partial charge in [0.15, 0.2) is 5.69 Å². The van der Waals surface area contributed by atoms with Gasteiger partial charge in [-0.25, -0.2) is 9.97 Å². The van der Waals surface area contributed by atoms with Crippen molar-refractivity contribution >= 4 is 5.95 Å². The van der Waals surface area contributed by atoms with Gasteiger partial charge in [-0.2, -0.15) is 13.2 Å². The lowest BCUT2D eigenvalue weighted by atomic mass is 9.78. The van der Waals surface area contributed by atoms with E-state index in [9.17, 15) is 13.2 Å². The maximum absolute atomic E-state index is 12.9. The van der Waals surface area contributed by atoms with Crippen LogP contribution in [0.2, 0.25) is 0 Å². The average molecular weight is 300 g/mol. The third kappa shape index (κ3) is 2.84. The maximum Gasteiger partial charge on any atom is 0.433 e. The second-order valence-corrected chi connectivity index (χ2v) is 6.12. The molecule has 1 aromatic rings. The number of hydrogen-bond donors (Lipinski definition) is 1. The Morgan fingerprint density at radius 2 is 1.95 bits per heavy atom. The fraction of sp³-hybridized carbons (Fsp3) is 0.714. The molecular weight excluding hydrogens is 281 g/mol. The summed E-state index contributed by atoms with van der Waals surface area (Å²) in [4.78, 5) is 9.79. The minimum atomic E-state index is -4.42. The van der Waals surface area contributed by atoms with Crippen molar-refractivity contribution in [3.63, 3.8) is 0 Å². The van der Waals surface area contributed by atoms with E-state index in [2.05, 4.69) is 15.3 Å². The van der Waals surface area contributed by atoms with Gasteiger partial charge in [-0.05, 0) is 50.3 Å². The Balaban J connectivity index is 1.82. The summed E-state index contributed by atoms with van der Waals surface area (Å²) in [5, 5.41) is 3.33. The lowest BCUT2D eigenvalue weighted by Crippen LogP contribution is -2.39. The summed E-state index contributed by atoms with van der Waals surface area (Å²) in [6, 6.07) is 0. The predicted octanol–water partition coefficient (Wildman–Crippen LogP) is 2.38. The van der Waals surface area contributed by atoms with Gasteiger partial charge in [0.05, 0.1) is 0 Å². The topological polar surface area (TPSA) is 41.1 Å². The Kier molecular flexibility index (Phi) is 3.55. The summed E-state index contributed by atoms with van der Waals surface area (Å²) < 4.78 is 38.8. The molecule has 7 heteroatoms. The molecule has 2 fully saturated rings. The normalized spacial score (nSPS) is 22.0. The van der Waals surface area contributed by atoms with Gasteiger partial charge in [0, 0.05) is 19.3 Å². The summed E-state index contributed by atoms with van der Waals surface area (Å²) in [5.41, 5.74) is -0.529. The minimum Gasteiger partial charge on any atom is -0.340 e. The molecule has 1 aromatic heterocycles. The van der Waals surface area contributed by atoms with E-state index in [-0.39, 0.29) is 16.9 Å². The first-order valence-corrected chi connectivity index (χ1v) is 7.26. The molecule has 2 aliphatic rings. The number of aromatic nitrogens is 2. The van der Waals surface area contributed by atoms with E-state index in [4.69, 9.17) is 0 Å². The molecule has 0 unspecified atom stereocenters. The number of hydrogen-bond acceptors (Lipinski definition) is 4. The second-order valence-electron chi connectivity index (χ2n) is 6.12. The molecule has 0 amide bonds. The van der Waals surface area contributed by atoms with E-state index in [1.807, 2.05) is 4.90 Å². The zero-order valence-electron chi connectivity index (χ0n) is 12.0. The number of piperidine rings is 1. The van der Waals surface area contributed by atoms with Gasteiger partial charge in [-0.1, -0.05) is 0 Å². The van der Waals surface area contributed by atoms with Gasteiger partial charge < -0.3 is 10.2 Å². The summed E-state index contributed by atoms with van der Waals surface area (Å²) >= 11 is 0. The van der Waals surface area contributed by atoms with Crippen LogP contribution in [0.5, 0.6) is 0 Å². The highest BCUT2D eigenvalue weighted by atomic mass is 19.4. The highest BCUT2D eigenvalue weighted by molar-refractivity contribution is 5.36. The van der Waals surface area contributed by atoms with Crippen molar-refractivity contribution in [2.45, 2.75) is 32.4 Å². The largest absolute Gasteiger partial charge is 0.433 e. The smallest absolute Gasteiger partial charge is 0.340 e. The Bertz CT molecular complexity index is 523. The molecule has 116 valence electrons. The van der Waals surface area contributed by atoms with Crippen LogP contribution in [0.1, 0.15) is 30.5 Å². The zero-order valence-corrected chi connectivity index (χ0v) is 12.0. The van der Waals surface area contributed by atoms with Gasteiger partial charge in [0.1, 0.15) is 0 Å². The van der Waals surface area contributed by atoms with Gasteiger partial charge in [-0.3, -0.25) is 0 Å². The molecule has 2 aliphatic heterocycles. The molecular formula is C14H19F3N4. The summed E-state index contributed by atoms with van der Waals surface area (Å²) in [7, 11) is 0. The molecule has 3 heterocycles. The van der Waals surface area contributed by atoms with Crippen molar-refractivity contribution in [3.05, 3.63) is 17.5 Å². The first kappa shape index (κ1) is 14.6. The molecule has 1 N–H and O–H groups in total. The fourth-order valence-electron chi connectivity index (χ4n) is 3.34. The monoisotopic (exact) mass is 300 g/mol. The van der Waals surface area contributed by atoms with Crippen LogP contribution in [0.15, 0.2) is 6.20 Å². The van der Waals surface area contributed by atoms with Gasteiger partial charge >= 0.3 is 6.18 Å². The molecule has 0 aromatic carbocycles. The first-order chi connectivity index (χ1) is 9.90. The highest BCUT2D eigenvalue weighted by Gasteiger charge is 2.41. The third-order valence-corrected chi connectivity index (χ3v) is 4.61. The maximum atomic E-state index is 12.9. The number of halogens is 3. The molecule has 0 atom stereocenters. The van der Waals surface area contributed by atoms with Crippen molar-refractivity contribution in [1.82, 2.24) is 15.3 Å². The molecule has 1 spiro atoms. The highest BCUT2D eigenvalue weighted by Crippen LogP contribution is 2.40. The second kappa shape index (κ2) is 5.12. The first-order valence-electron chi connectivity index (χ1n) is 7.26. The molecule has 4 nitrogen and oxygen atoms in total. The van der Waals surface area contributed by atoms with Crippen molar-refractivity contribution < 1.29 is 13.2 Å². The van der Waals surface area contributed by atoms with Gasteiger partial charge in [-0.15, -0.1) is 0 Å². The number of anilines is 1. The van der Waals surface area contributed by atoms with Crippen LogP contribution in [0.25, 0.3) is 0 Å². The van der Waals surface area contributed by atoms with Crippen LogP contribution in [-0.2, 0) is 6.18 Å². The number of aryl methyl sites for hydroxylation is 1. The number of nitrogens with one attached hydrogen (secondary N) is 1. The zero-order chi connectivity index (χ0) is 15.1. The van der Waals surface area contributed by atoms with E-state index in [0.717, 1.165) is 45.4 Å². The van der Waals surface area contributed by atoms with Crippen molar-refractivity contribution in [2.24, 2.45) is 5.41 Å². The standard InChI is InChI=1S/C14H19F3N4/c1-10-8-19-12(20-11(10)14(15,16)17)21-7-4-13(9-21)2-5-18-6-3-13/h8,18H,2-7,9H2,1H3. The molecule has 0 saturated carbocycles. The van der Waals surface area contributed by atoms with E-state index in [1.165, 1.54) is 13.1 Å². The Labute approximate surface area is 121 Å². The molecule has 0 bridgehead atoms. The Morgan fingerprint density at radius 1 is 1.24 bits per heavy atom. The molecule has 21 heavy (non-hydrogen) atoms. The minimum absolute atomic E-state index is 0.0713. The van der Waals surface area contributed by atoms with E-state index in [0.29, 0.717) is 0 Å². The number of rotatable bonds is 1. The van der Waals surface area contributed by atoms with Crippen LogP contribution >= 0.6 is 0 Å². The number of nitrogens with zero attached hydrogens (tertiary/aromatic N) is 3. The third-order valence-electron chi connectivity index (χ3n) is 4.61. The van der Waals surface area contributed by atoms with Crippen LogP contribution in [-0.4, -0.2) is 36.1 Å². The van der Waals surface area contributed by atoms with Gasteiger partial charge in [0.25, 0.3) is 0 Å². The lowest BCUT2D eigenvalue weighted by molar-refractivity contribution is -0.141. The fourth-order valence-corrected chi connectivity index (χ4v) is 3.34. The SMILES string of the molecule is Cc1cnc(N2CCC3(CCNCC3)C2)nc1C(F)(F)F. The van der Waals surface area contributed by atoms with Crippen LogP contribution in [0, 0.1) is 12.3 Å². The molecule has 0 radical (unpaired) electrons. The molecule has 3 rings (SSSR count). The van der Waals surface area contributed by atoms with Crippen LogP contribution < -0.4 is 10.2 Å². The molecule has 0 aliphatic carbocycles.